The predicted molar refractivity (Wildman–Crippen MR) is 104 cm³/mol. The summed E-state index contributed by atoms with van der Waals surface area (Å²) in [5.74, 6) is -1.94. The van der Waals surface area contributed by atoms with Crippen molar-refractivity contribution in [3.8, 4) is 17.1 Å². The van der Waals surface area contributed by atoms with Crippen LogP contribution in [0.5, 0.6) is 0 Å². The van der Waals surface area contributed by atoms with Crippen molar-refractivity contribution < 1.29 is 26.1 Å². The molecule has 0 aliphatic heterocycles. The third-order valence-corrected chi connectivity index (χ3v) is 6.10. The summed E-state index contributed by atoms with van der Waals surface area (Å²) in [5, 5.41) is 3.65. The van der Waals surface area contributed by atoms with Crippen LogP contribution in [-0.2, 0) is 21.8 Å². The number of hydrogen-bond donors (Lipinski definition) is 0. The highest BCUT2D eigenvalue weighted by atomic mass is 35.5. The number of hydrogen-bond acceptors (Lipinski definition) is 6. The van der Waals surface area contributed by atoms with Gasteiger partial charge in [-0.25, -0.2) is 13.4 Å². The summed E-state index contributed by atoms with van der Waals surface area (Å²) in [4.78, 5) is 7.55. The van der Waals surface area contributed by atoms with E-state index >= 15 is 0 Å². The van der Waals surface area contributed by atoms with Crippen LogP contribution < -0.4 is 0 Å². The van der Waals surface area contributed by atoms with Gasteiger partial charge in [0.1, 0.15) is 0 Å². The Labute approximate surface area is 179 Å². The number of imidazole rings is 1. The first-order chi connectivity index (χ1) is 14.6. The minimum atomic E-state index is -4.72. The van der Waals surface area contributed by atoms with Crippen LogP contribution in [-0.4, -0.2) is 28.1 Å². The first kappa shape index (κ1) is 21.1. The van der Waals surface area contributed by atoms with Gasteiger partial charge >= 0.3 is 12.1 Å². The maximum Gasteiger partial charge on any atom is 0.471 e. The lowest BCUT2D eigenvalue weighted by atomic mass is 10.2. The Morgan fingerprint density at radius 1 is 1.10 bits per heavy atom. The average molecular weight is 469 g/mol. The summed E-state index contributed by atoms with van der Waals surface area (Å²) in [6, 6.07) is 12.2. The molecule has 0 radical (unpaired) electrons. The fourth-order valence-electron chi connectivity index (χ4n) is 2.76. The second-order valence-electron chi connectivity index (χ2n) is 6.46. The van der Waals surface area contributed by atoms with Gasteiger partial charge in [0.2, 0.25) is 5.82 Å². The Bertz CT molecular complexity index is 1330. The standard InChI is InChI=1S/C19H12ClF3N4O3S/c20-13-2-1-3-16(8-13)31(28,29)10-14-9-27(11-24-14)15-6-4-12(5-7-15)17-25-18(30-26-17)19(21,22)23/h1-9,11H,10H2. The lowest BCUT2D eigenvalue weighted by molar-refractivity contribution is -0.159. The molecule has 160 valence electrons. The van der Waals surface area contributed by atoms with Gasteiger partial charge in [-0.1, -0.05) is 22.8 Å². The number of rotatable bonds is 5. The molecule has 0 spiro atoms. The summed E-state index contributed by atoms with van der Waals surface area (Å²) in [7, 11) is -3.64. The molecule has 4 rings (SSSR count). The molecule has 7 nitrogen and oxygen atoms in total. The monoisotopic (exact) mass is 468 g/mol. The van der Waals surface area contributed by atoms with Crippen LogP contribution in [0.4, 0.5) is 13.2 Å². The number of nitrogens with zero attached hydrogens (tertiary/aromatic N) is 4. The highest BCUT2D eigenvalue weighted by Crippen LogP contribution is 2.29. The molecular weight excluding hydrogens is 457 g/mol. The molecule has 31 heavy (non-hydrogen) atoms. The molecule has 0 fully saturated rings. The molecule has 2 aromatic carbocycles. The van der Waals surface area contributed by atoms with Crippen LogP contribution in [0, 0.1) is 0 Å². The summed E-state index contributed by atoms with van der Waals surface area (Å²) in [6.45, 7) is 0. The third kappa shape index (κ3) is 4.62. The van der Waals surface area contributed by atoms with Crippen molar-refractivity contribution >= 4 is 21.4 Å². The molecule has 12 heteroatoms. The van der Waals surface area contributed by atoms with E-state index in [1.54, 1.807) is 35.0 Å². The average Bonchev–Trinajstić information content (AvgIpc) is 3.37. The smallest absolute Gasteiger partial charge is 0.329 e. The minimum Gasteiger partial charge on any atom is -0.329 e. The molecule has 4 aromatic rings. The highest BCUT2D eigenvalue weighted by molar-refractivity contribution is 7.90. The van der Waals surface area contributed by atoms with Gasteiger partial charge in [0.15, 0.2) is 9.84 Å². The summed E-state index contributed by atoms with van der Waals surface area (Å²) < 4.78 is 68.7. The molecule has 0 bridgehead atoms. The Hall–Kier alpha value is -3.18. The molecule has 0 saturated carbocycles. The van der Waals surface area contributed by atoms with E-state index in [1.807, 2.05) is 0 Å². The van der Waals surface area contributed by atoms with Crippen molar-refractivity contribution in [2.24, 2.45) is 0 Å². The SMILES string of the molecule is O=S(=O)(Cc1cn(-c2ccc(-c3noc(C(F)(F)F)n3)cc2)cn1)c1cccc(Cl)c1. The third-order valence-electron chi connectivity index (χ3n) is 4.22. The minimum absolute atomic E-state index is 0.0947. The lowest BCUT2D eigenvalue weighted by Crippen LogP contribution is -2.05. The lowest BCUT2D eigenvalue weighted by Gasteiger charge is -2.04. The maximum absolute atomic E-state index is 12.6. The van der Waals surface area contributed by atoms with Gasteiger partial charge in [0, 0.05) is 22.5 Å². The van der Waals surface area contributed by atoms with E-state index in [2.05, 4.69) is 19.6 Å². The first-order valence-corrected chi connectivity index (χ1v) is 10.7. The summed E-state index contributed by atoms with van der Waals surface area (Å²) in [6.07, 6.45) is -1.73. The van der Waals surface area contributed by atoms with Crippen molar-refractivity contribution in [3.05, 3.63) is 77.7 Å². The topological polar surface area (TPSA) is 90.9 Å². The molecule has 0 N–H and O–H groups in total. The summed E-state index contributed by atoms with van der Waals surface area (Å²) >= 11 is 5.86. The second-order valence-corrected chi connectivity index (χ2v) is 8.88. The van der Waals surface area contributed by atoms with Crippen LogP contribution in [0.2, 0.25) is 5.02 Å². The van der Waals surface area contributed by atoms with Crippen molar-refractivity contribution in [2.45, 2.75) is 16.8 Å². The van der Waals surface area contributed by atoms with Crippen molar-refractivity contribution in [3.63, 3.8) is 0 Å². The highest BCUT2D eigenvalue weighted by Gasteiger charge is 2.38. The predicted octanol–water partition coefficient (Wildman–Crippen LogP) is 4.57. The number of benzene rings is 2. The van der Waals surface area contributed by atoms with Crippen LogP contribution in [0.25, 0.3) is 17.1 Å². The maximum atomic E-state index is 12.6. The normalized spacial score (nSPS) is 12.3. The second kappa shape index (κ2) is 7.82. The van der Waals surface area contributed by atoms with Crippen molar-refractivity contribution in [1.29, 1.82) is 0 Å². The van der Waals surface area contributed by atoms with Crippen LogP contribution in [0.1, 0.15) is 11.6 Å². The Kier molecular flexibility index (Phi) is 5.31. The van der Waals surface area contributed by atoms with Gasteiger partial charge < -0.3 is 9.09 Å². The van der Waals surface area contributed by atoms with Crippen molar-refractivity contribution in [2.75, 3.05) is 0 Å². The molecular formula is C19H12ClF3N4O3S. The zero-order chi connectivity index (χ0) is 22.2. The molecule has 0 aliphatic carbocycles. The quantitative estimate of drug-likeness (QED) is 0.426. The number of alkyl halides is 3. The molecule has 0 unspecified atom stereocenters. The van der Waals surface area contributed by atoms with Crippen LogP contribution in [0.15, 0.2) is 70.5 Å². The van der Waals surface area contributed by atoms with E-state index in [4.69, 9.17) is 11.6 Å². The largest absolute Gasteiger partial charge is 0.471 e. The van der Waals surface area contributed by atoms with E-state index in [-0.39, 0.29) is 16.5 Å². The van der Waals surface area contributed by atoms with Crippen molar-refractivity contribution in [1.82, 2.24) is 19.7 Å². The van der Waals surface area contributed by atoms with Gasteiger partial charge in [-0.15, -0.1) is 0 Å². The fraction of sp³-hybridized carbons (Fsp3) is 0.105. The van der Waals surface area contributed by atoms with E-state index in [0.29, 0.717) is 22.0 Å². The zero-order valence-electron chi connectivity index (χ0n) is 15.4. The van der Waals surface area contributed by atoms with Gasteiger partial charge in [0.25, 0.3) is 0 Å². The fourth-order valence-corrected chi connectivity index (χ4v) is 4.31. The Morgan fingerprint density at radius 3 is 2.48 bits per heavy atom. The van der Waals surface area contributed by atoms with E-state index in [0.717, 1.165) is 0 Å². The van der Waals surface area contributed by atoms with E-state index in [9.17, 15) is 21.6 Å². The van der Waals surface area contributed by atoms with Crippen LogP contribution in [0.3, 0.4) is 0 Å². The van der Waals surface area contributed by atoms with Gasteiger partial charge in [-0.3, -0.25) is 0 Å². The Morgan fingerprint density at radius 2 is 1.84 bits per heavy atom. The molecule has 0 saturated heterocycles. The molecule has 2 aromatic heterocycles. The van der Waals surface area contributed by atoms with E-state index in [1.165, 1.54) is 30.6 Å². The van der Waals surface area contributed by atoms with E-state index < -0.39 is 21.9 Å². The van der Waals surface area contributed by atoms with Gasteiger partial charge in [-0.05, 0) is 42.5 Å². The number of halogens is 4. The number of sulfone groups is 1. The van der Waals surface area contributed by atoms with Crippen LogP contribution >= 0.6 is 11.6 Å². The first-order valence-electron chi connectivity index (χ1n) is 8.65. The number of aromatic nitrogens is 4. The summed E-state index contributed by atoms with van der Waals surface area (Å²) in [5.41, 5.74) is 1.26. The molecule has 0 aliphatic rings. The van der Waals surface area contributed by atoms with Gasteiger partial charge in [-0.2, -0.15) is 18.2 Å². The van der Waals surface area contributed by atoms with Gasteiger partial charge in [0.05, 0.1) is 22.7 Å². The molecule has 0 amide bonds. The molecule has 2 heterocycles. The molecule has 0 atom stereocenters. The zero-order valence-corrected chi connectivity index (χ0v) is 17.0. The Balaban J connectivity index is 1.52.